The monoisotopic (exact) mass is 198 g/mol. The molecule has 80 valence electrons. The van der Waals surface area contributed by atoms with Crippen LogP contribution in [0.25, 0.3) is 0 Å². The van der Waals surface area contributed by atoms with Gasteiger partial charge in [0, 0.05) is 19.4 Å². The molecule has 3 nitrogen and oxygen atoms in total. The van der Waals surface area contributed by atoms with Crippen LogP contribution in [0.15, 0.2) is 24.0 Å². The summed E-state index contributed by atoms with van der Waals surface area (Å²) in [5.41, 5.74) is 0. The van der Waals surface area contributed by atoms with Crippen LogP contribution in [0, 0.1) is 5.92 Å². The molecule has 2 atom stereocenters. The van der Waals surface area contributed by atoms with Crippen molar-refractivity contribution >= 4 is 0 Å². The van der Waals surface area contributed by atoms with Crippen molar-refractivity contribution < 1.29 is 14.6 Å². The number of allylic oxidation sites excluding steroid dienone is 3. The van der Waals surface area contributed by atoms with Gasteiger partial charge >= 0.3 is 0 Å². The van der Waals surface area contributed by atoms with Crippen molar-refractivity contribution in [2.75, 3.05) is 20.3 Å². The van der Waals surface area contributed by atoms with E-state index in [0.717, 1.165) is 12.2 Å². The molecule has 1 N–H and O–H groups in total. The van der Waals surface area contributed by atoms with Gasteiger partial charge in [-0.05, 0) is 13.0 Å². The maximum atomic E-state index is 9.41. The van der Waals surface area contributed by atoms with Crippen molar-refractivity contribution in [2.45, 2.75) is 19.4 Å². The summed E-state index contributed by atoms with van der Waals surface area (Å²) in [5, 5.41) is 9.41. The quantitative estimate of drug-likeness (QED) is 0.680. The van der Waals surface area contributed by atoms with E-state index in [2.05, 4.69) is 0 Å². The average molecular weight is 198 g/mol. The van der Waals surface area contributed by atoms with Gasteiger partial charge in [-0.3, -0.25) is 0 Å². The highest BCUT2D eigenvalue weighted by Crippen LogP contribution is 2.22. The van der Waals surface area contributed by atoms with Crippen molar-refractivity contribution in [1.82, 2.24) is 0 Å². The summed E-state index contributed by atoms with van der Waals surface area (Å²) in [5.74, 6) is 1.10. The summed E-state index contributed by atoms with van der Waals surface area (Å²) in [4.78, 5) is 0. The van der Waals surface area contributed by atoms with E-state index in [4.69, 9.17) is 9.47 Å². The molecule has 0 aliphatic heterocycles. The summed E-state index contributed by atoms with van der Waals surface area (Å²) in [6.07, 6.45) is 6.34. The Kier molecular flexibility index (Phi) is 4.70. The highest BCUT2D eigenvalue weighted by Gasteiger charge is 2.16. The molecular formula is C11H18O3. The Balaban J connectivity index is 2.33. The summed E-state index contributed by atoms with van der Waals surface area (Å²) in [6.45, 7) is 2.97. The zero-order chi connectivity index (χ0) is 10.4. The molecule has 0 saturated heterocycles. The van der Waals surface area contributed by atoms with Gasteiger partial charge < -0.3 is 14.6 Å². The lowest BCUT2D eigenvalue weighted by atomic mass is 9.95. The van der Waals surface area contributed by atoms with Gasteiger partial charge in [-0.25, -0.2) is 0 Å². The molecule has 0 saturated carbocycles. The van der Waals surface area contributed by atoms with Crippen molar-refractivity contribution in [2.24, 2.45) is 5.92 Å². The summed E-state index contributed by atoms with van der Waals surface area (Å²) >= 11 is 0. The summed E-state index contributed by atoms with van der Waals surface area (Å²) < 4.78 is 10.4. The second kappa shape index (κ2) is 5.83. The summed E-state index contributed by atoms with van der Waals surface area (Å²) in [7, 11) is 1.65. The minimum Gasteiger partial charge on any atom is -0.496 e. The Morgan fingerprint density at radius 1 is 1.57 bits per heavy atom. The van der Waals surface area contributed by atoms with E-state index in [1.54, 1.807) is 14.0 Å². The van der Waals surface area contributed by atoms with Gasteiger partial charge in [-0.2, -0.15) is 0 Å². The largest absolute Gasteiger partial charge is 0.496 e. The molecule has 0 bridgehead atoms. The Hall–Kier alpha value is -0.800. The fourth-order valence-electron chi connectivity index (χ4n) is 1.37. The van der Waals surface area contributed by atoms with Crippen LogP contribution in [0.4, 0.5) is 0 Å². The number of aliphatic hydroxyl groups excluding tert-OH is 1. The molecule has 3 heteroatoms. The first-order valence-electron chi connectivity index (χ1n) is 4.91. The number of methoxy groups -OCH3 is 1. The number of ether oxygens (including phenoxy) is 2. The van der Waals surface area contributed by atoms with Crippen LogP contribution >= 0.6 is 0 Å². The molecule has 1 aliphatic carbocycles. The Morgan fingerprint density at radius 2 is 2.36 bits per heavy atom. The van der Waals surface area contributed by atoms with E-state index >= 15 is 0 Å². The van der Waals surface area contributed by atoms with E-state index in [-0.39, 0.29) is 12.0 Å². The van der Waals surface area contributed by atoms with Crippen molar-refractivity contribution in [3.05, 3.63) is 24.0 Å². The van der Waals surface area contributed by atoms with E-state index in [9.17, 15) is 5.11 Å². The van der Waals surface area contributed by atoms with Crippen molar-refractivity contribution in [1.29, 1.82) is 0 Å². The average Bonchev–Trinajstić information content (AvgIpc) is 2.19. The highest BCUT2D eigenvalue weighted by atomic mass is 16.5. The molecule has 0 fully saturated rings. The van der Waals surface area contributed by atoms with Gasteiger partial charge in [0.15, 0.2) is 0 Å². The fourth-order valence-corrected chi connectivity index (χ4v) is 1.37. The molecule has 0 heterocycles. The Bertz CT molecular complexity index is 219. The Labute approximate surface area is 85.0 Å². The number of hydrogen-bond donors (Lipinski definition) is 1. The molecule has 0 amide bonds. The lowest BCUT2D eigenvalue weighted by Gasteiger charge is -2.21. The maximum Gasteiger partial charge on any atom is 0.111 e. The summed E-state index contributed by atoms with van der Waals surface area (Å²) in [6, 6.07) is 0. The fraction of sp³-hybridized carbons (Fsp3) is 0.636. The zero-order valence-electron chi connectivity index (χ0n) is 8.77. The normalized spacial score (nSPS) is 23.1. The van der Waals surface area contributed by atoms with Crippen LogP contribution in [-0.2, 0) is 9.47 Å². The Morgan fingerprint density at radius 3 is 3.00 bits per heavy atom. The van der Waals surface area contributed by atoms with Crippen LogP contribution in [0.5, 0.6) is 0 Å². The van der Waals surface area contributed by atoms with Gasteiger partial charge in [0.2, 0.25) is 0 Å². The maximum absolute atomic E-state index is 9.41. The third-order valence-electron chi connectivity index (χ3n) is 2.27. The van der Waals surface area contributed by atoms with Crippen LogP contribution in [0.3, 0.4) is 0 Å². The first-order valence-corrected chi connectivity index (χ1v) is 4.91. The molecular weight excluding hydrogens is 180 g/mol. The molecule has 0 aromatic rings. The lowest BCUT2D eigenvalue weighted by Crippen LogP contribution is -2.18. The number of rotatable bonds is 5. The zero-order valence-corrected chi connectivity index (χ0v) is 8.77. The van der Waals surface area contributed by atoms with Crippen LogP contribution in [-0.4, -0.2) is 31.5 Å². The van der Waals surface area contributed by atoms with E-state index in [1.165, 1.54) is 0 Å². The smallest absolute Gasteiger partial charge is 0.111 e. The SMILES string of the molecule is COCCOC1=CC=CC(C(C)O)C1. The van der Waals surface area contributed by atoms with Gasteiger partial charge in [0.25, 0.3) is 0 Å². The minimum atomic E-state index is -0.319. The minimum absolute atomic E-state index is 0.178. The first-order chi connectivity index (χ1) is 6.74. The van der Waals surface area contributed by atoms with Gasteiger partial charge in [0.05, 0.1) is 18.5 Å². The van der Waals surface area contributed by atoms with Gasteiger partial charge in [0.1, 0.15) is 6.61 Å². The number of hydrogen-bond acceptors (Lipinski definition) is 3. The van der Waals surface area contributed by atoms with Crippen LogP contribution in [0.1, 0.15) is 13.3 Å². The molecule has 1 rings (SSSR count). The molecule has 0 spiro atoms. The molecule has 14 heavy (non-hydrogen) atoms. The molecule has 0 aromatic heterocycles. The van der Waals surface area contributed by atoms with Crippen molar-refractivity contribution in [3.8, 4) is 0 Å². The first kappa shape index (κ1) is 11.3. The van der Waals surface area contributed by atoms with E-state index in [1.807, 2.05) is 18.2 Å². The second-order valence-corrected chi connectivity index (χ2v) is 3.47. The van der Waals surface area contributed by atoms with Crippen LogP contribution in [0.2, 0.25) is 0 Å². The third-order valence-corrected chi connectivity index (χ3v) is 2.27. The predicted molar refractivity (Wildman–Crippen MR) is 54.8 cm³/mol. The van der Waals surface area contributed by atoms with E-state index in [0.29, 0.717) is 13.2 Å². The second-order valence-electron chi connectivity index (χ2n) is 3.47. The molecule has 1 aliphatic rings. The molecule has 0 radical (unpaired) electrons. The van der Waals surface area contributed by atoms with Crippen molar-refractivity contribution in [3.63, 3.8) is 0 Å². The third kappa shape index (κ3) is 3.52. The topological polar surface area (TPSA) is 38.7 Å². The lowest BCUT2D eigenvalue weighted by molar-refractivity contribution is 0.0913. The van der Waals surface area contributed by atoms with E-state index < -0.39 is 0 Å². The standard InChI is InChI=1S/C11H18O3/c1-9(12)10-4-3-5-11(8-10)14-7-6-13-2/h3-5,9-10,12H,6-8H2,1-2H3. The number of aliphatic hydroxyl groups is 1. The predicted octanol–water partition coefficient (Wildman–Crippen LogP) is 1.49. The molecule has 2 unspecified atom stereocenters. The highest BCUT2D eigenvalue weighted by molar-refractivity contribution is 5.16. The van der Waals surface area contributed by atoms with Gasteiger partial charge in [-0.1, -0.05) is 12.2 Å². The van der Waals surface area contributed by atoms with Crippen LogP contribution < -0.4 is 0 Å². The molecule has 0 aromatic carbocycles. The van der Waals surface area contributed by atoms with Gasteiger partial charge in [-0.15, -0.1) is 0 Å².